The van der Waals surface area contributed by atoms with Crippen molar-refractivity contribution in [3.8, 4) is 22.4 Å². The maximum Gasteiger partial charge on any atom is 0.433 e. The van der Waals surface area contributed by atoms with E-state index in [1.165, 1.54) is 42.5 Å². The van der Waals surface area contributed by atoms with E-state index in [1.807, 2.05) is 0 Å². The molecule has 0 N–H and O–H groups in total. The van der Waals surface area contributed by atoms with E-state index >= 15 is 0 Å². The molecule has 0 saturated heterocycles. The summed E-state index contributed by atoms with van der Waals surface area (Å²) in [5.41, 5.74) is -0.110. The highest BCUT2D eigenvalue weighted by atomic mass is 35.5. The van der Waals surface area contributed by atoms with Gasteiger partial charge in [0.25, 0.3) is 0 Å². The number of halogens is 5. The van der Waals surface area contributed by atoms with Gasteiger partial charge >= 0.3 is 6.18 Å². The molecule has 4 aromatic rings. The van der Waals surface area contributed by atoms with Gasteiger partial charge in [0.15, 0.2) is 15.5 Å². The van der Waals surface area contributed by atoms with Crippen LogP contribution in [0.5, 0.6) is 0 Å². The third-order valence-electron chi connectivity index (χ3n) is 5.15. The van der Waals surface area contributed by atoms with E-state index in [0.717, 1.165) is 10.9 Å². The molecule has 0 aliphatic rings. The van der Waals surface area contributed by atoms with Gasteiger partial charge in [-0.1, -0.05) is 71.7 Å². The maximum atomic E-state index is 14.4. The van der Waals surface area contributed by atoms with Crippen molar-refractivity contribution in [2.75, 3.05) is 6.26 Å². The van der Waals surface area contributed by atoms with Gasteiger partial charge < -0.3 is 0 Å². The Hall–Kier alpha value is -2.81. The average Bonchev–Trinajstić information content (AvgIpc) is 3.13. The van der Waals surface area contributed by atoms with E-state index in [0.29, 0.717) is 11.1 Å². The molecular formula is C24H17Cl2F3N2O2S. The van der Waals surface area contributed by atoms with Crippen LogP contribution in [0.15, 0.2) is 77.7 Å². The molecule has 0 bridgehead atoms. The van der Waals surface area contributed by atoms with Crippen molar-refractivity contribution in [3.05, 3.63) is 94.1 Å². The lowest BCUT2D eigenvalue weighted by atomic mass is 9.98. The lowest BCUT2D eigenvalue weighted by Crippen LogP contribution is -2.16. The third-order valence-corrected chi connectivity index (χ3v) is 6.83. The van der Waals surface area contributed by atoms with Crippen molar-refractivity contribution < 1.29 is 21.6 Å². The molecule has 4 nitrogen and oxygen atoms in total. The summed E-state index contributed by atoms with van der Waals surface area (Å²) in [6.45, 7) is -0.130. The van der Waals surface area contributed by atoms with Gasteiger partial charge in [-0.25, -0.2) is 8.42 Å². The van der Waals surface area contributed by atoms with Crippen LogP contribution in [0.25, 0.3) is 22.4 Å². The van der Waals surface area contributed by atoms with Crippen LogP contribution in [0.2, 0.25) is 10.0 Å². The van der Waals surface area contributed by atoms with E-state index in [4.69, 9.17) is 23.2 Å². The van der Waals surface area contributed by atoms with Crippen molar-refractivity contribution >= 4 is 33.0 Å². The predicted octanol–water partition coefficient (Wildman–Crippen LogP) is 6.99. The van der Waals surface area contributed by atoms with E-state index < -0.39 is 21.7 Å². The van der Waals surface area contributed by atoms with Crippen LogP contribution in [0.4, 0.5) is 13.2 Å². The Kier molecular flexibility index (Phi) is 6.50. The summed E-state index contributed by atoms with van der Waals surface area (Å²) in [5, 5.41) is 4.64. The second-order valence-corrected chi connectivity index (χ2v) is 10.5. The Balaban J connectivity index is 2.01. The molecule has 4 rings (SSSR count). The second kappa shape index (κ2) is 9.09. The fourth-order valence-corrected chi connectivity index (χ4v) is 4.76. The quantitative estimate of drug-likeness (QED) is 0.282. The van der Waals surface area contributed by atoms with Crippen molar-refractivity contribution in [3.63, 3.8) is 0 Å². The van der Waals surface area contributed by atoms with Crippen molar-refractivity contribution in [2.24, 2.45) is 0 Å². The molecule has 10 heteroatoms. The zero-order valence-electron chi connectivity index (χ0n) is 17.6. The van der Waals surface area contributed by atoms with Crippen molar-refractivity contribution in [1.29, 1.82) is 0 Å². The first-order valence-corrected chi connectivity index (χ1v) is 12.6. The van der Waals surface area contributed by atoms with Gasteiger partial charge in [-0.3, -0.25) is 4.68 Å². The normalized spacial score (nSPS) is 12.2. The van der Waals surface area contributed by atoms with Gasteiger partial charge in [0, 0.05) is 28.0 Å². The Morgan fingerprint density at radius 3 is 2.15 bits per heavy atom. The maximum absolute atomic E-state index is 14.4. The zero-order valence-corrected chi connectivity index (χ0v) is 20.0. The summed E-state index contributed by atoms with van der Waals surface area (Å²) in [7, 11) is -3.48. The minimum absolute atomic E-state index is 0.0209. The molecule has 0 aliphatic carbocycles. The fraction of sp³-hybridized carbons (Fsp3) is 0.125. The van der Waals surface area contributed by atoms with Crippen LogP contribution in [-0.4, -0.2) is 24.5 Å². The first-order chi connectivity index (χ1) is 15.9. The van der Waals surface area contributed by atoms with Crippen LogP contribution < -0.4 is 0 Å². The predicted molar refractivity (Wildman–Crippen MR) is 127 cm³/mol. The number of nitrogens with zero attached hydrogens (tertiary/aromatic N) is 2. The molecule has 0 amide bonds. The molecule has 1 heterocycles. The average molecular weight is 525 g/mol. The fourth-order valence-electron chi connectivity index (χ4n) is 3.63. The number of hydrogen-bond acceptors (Lipinski definition) is 3. The molecule has 34 heavy (non-hydrogen) atoms. The Morgan fingerprint density at radius 2 is 1.59 bits per heavy atom. The minimum atomic E-state index is -4.76. The number of rotatable bonds is 5. The molecule has 0 spiro atoms. The number of hydrogen-bond donors (Lipinski definition) is 0. The highest BCUT2D eigenvalue weighted by molar-refractivity contribution is 7.90. The standard InChI is InChI=1S/C24H17Cl2F3N2O2S/c1-34(32,33)18-10-7-16(8-11-18)22-21(19-12-9-17(25)13-20(19)26)23(24(27,28)29)31(30-22)14-15-5-3-2-4-6-15/h2-13H,14H2,1H3. The molecule has 0 radical (unpaired) electrons. The summed E-state index contributed by atoms with van der Waals surface area (Å²) < 4.78 is 67.9. The van der Waals surface area contributed by atoms with E-state index in [1.54, 1.807) is 30.3 Å². The lowest BCUT2D eigenvalue weighted by molar-refractivity contribution is -0.143. The Labute approximate surface area is 204 Å². The van der Waals surface area contributed by atoms with E-state index in [2.05, 4.69) is 5.10 Å². The SMILES string of the molecule is CS(=O)(=O)c1ccc(-c2nn(Cc3ccccc3)c(C(F)(F)F)c2-c2ccc(Cl)cc2Cl)cc1. The molecule has 0 fully saturated rings. The summed E-state index contributed by atoms with van der Waals surface area (Å²) in [6.07, 6.45) is -3.71. The van der Waals surface area contributed by atoms with Crippen LogP contribution in [-0.2, 0) is 22.6 Å². The summed E-state index contributed by atoms with van der Waals surface area (Å²) in [4.78, 5) is 0.0436. The molecule has 176 valence electrons. The monoisotopic (exact) mass is 524 g/mol. The number of sulfone groups is 1. The first-order valence-electron chi connectivity index (χ1n) is 9.93. The van der Waals surface area contributed by atoms with Gasteiger partial charge in [0.2, 0.25) is 0 Å². The highest BCUT2D eigenvalue weighted by Crippen LogP contribution is 2.45. The lowest BCUT2D eigenvalue weighted by Gasteiger charge is -2.14. The van der Waals surface area contributed by atoms with Crippen LogP contribution in [0.3, 0.4) is 0 Å². The molecule has 0 saturated carbocycles. The molecule has 0 aliphatic heterocycles. The largest absolute Gasteiger partial charge is 0.433 e. The molecule has 0 unspecified atom stereocenters. The van der Waals surface area contributed by atoms with E-state index in [-0.39, 0.29) is 38.3 Å². The summed E-state index contributed by atoms with van der Waals surface area (Å²) in [6, 6.07) is 18.4. The zero-order chi connectivity index (χ0) is 24.7. The summed E-state index contributed by atoms with van der Waals surface area (Å²) in [5.74, 6) is 0. The highest BCUT2D eigenvalue weighted by Gasteiger charge is 2.41. The van der Waals surface area contributed by atoms with E-state index in [9.17, 15) is 21.6 Å². The smallest absolute Gasteiger partial charge is 0.255 e. The topological polar surface area (TPSA) is 52.0 Å². The molecular weight excluding hydrogens is 508 g/mol. The van der Waals surface area contributed by atoms with Gasteiger partial charge in [0.05, 0.1) is 16.5 Å². The number of aromatic nitrogens is 2. The molecule has 3 aromatic carbocycles. The van der Waals surface area contributed by atoms with Gasteiger partial charge in [-0.05, 0) is 29.8 Å². The third kappa shape index (κ3) is 4.99. The number of alkyl halides is 3. The van der Waals surface area contributed by atoms with Crippen LogP contribution in [0, 0.1) is 0 Å². The Bertz CT molecular complexity index is 1450. The number of benzene rings is 3. The van der Waals surface area contributed by atoms with Gasteiger partial charge in [-0.15, -0.1) is 0 Å². The Morgan fingerprint density at radius 1 is 0.941 bits per heavy atom. The second-order valence-electron chi connectivity index (χ2n) is 7.63. The van der Waals surface area contributed by atoms with Crippen molar-refractivity contribution in [1.82, 2.24) is 9.78 Å². The minimum Gasteiger partial charge on any atom is -0.255 e. The van der Waals surface area contributed by atoms with Crippen molar-refractivity contribution in [2.45, 2.75) is 17.6 Å². The van der Waals surface area contributed by atoms with Crippen LogP contribution >= 0.6 is 23.2 Å². The first kappa shape index (κ1) is 24.3. The van der Waals surface area contributed by atoms with Gasteiger partial charge in [-0.2, -0.15) is 18.3 Å². The van der Waals surface area contributed by atoms with Crippen LogP contribution in [0.1, 0.15) is 11.3 Å². The molecule has 1 aromatic heterocycles. The summed E-state index contributed by atoms with van der Waals surface area (Å²) >= 11 is 12.3. The molecule has 0 atom stereocenters. The van der Waals surface area contributed by atoms with Gasteiger partial charge in [0.1, 0.15) is 5.69 Å².